The maximum absolute atomic E-state index is 14.2. The molecular formula is C33H53N5O7. The Bertz CT molecular complexity index is 1120. The van der Waals surface area contributed by atoms with Crippen molar-refractivity contribution in [2.24, 2.45) is 16.7 Å². The minimum atomic E-state index is -0.995. The number of ketones is 1. The van der Waals surface area contributed by atoms with E-state index in [0.717, 1.165) is 44.9 Å². The van der Waals surface area contributed by atoms with Gasteiger partial charge in [0.2, 0.25) is 23.5 Å². The molecule has 1 unspecified atom stereocenters. The summed E-state index contributed by atoms with van der Waals surface area (Å²) in [6, 6.07) is -3.75. The zero-order valence-corrected chi connectivity index (χ0v) is 27.7. The van der Waals surface area contributed by atoms with Crippen LogP contribution in [0.1, 0.15) is 98.8 Å². The van der Waals surface area contributed by atoms with Gasteiger partial charge in [0.1, 0.15) is 18.1 Å². The van der Waals surface area contributed by atoms with Gasteiger partial charge in [-0.2, -0.15) is 0 Å². The molecule has 1 heterocycles. The predicted molar refractivity (Wildman–Crippen MR) is 169 cm³/mol. The van der Waals surface area contributed by atoms with Crippen molar-refractivity contribution in [1.29, 1.82) is 0 Å². The molecule has 4 N–H and O–H groups in total. The van der Waals surface area contributed by atoms with Crippen LogP contribution in [-0.4, -0.2) is 84.3 Å². The summed E-state index contributed by atoms with van der Waals surface area (Å²) < 4.78 is 5.11. The summed E-state index contributed by atoms with van der Waals surface area (Å²) in [7, 11) is 0. The van der Waals surface area contributed by atoms with Gasteiger partial charge in [0.05, 0.1) is 12.6 Å². The van der Waals surface area contributed by atoms with Crippen LogP contribution in [-0.2, 0) is 28.7 Å². The van der Waals surface area contributed by atoms with E-state index in [1.165, 1.54) is 11.0 Å². The molecule has 0 aromatic carbocycles. The second-order valence-corrected chi connectivity index (χ2v) is 14.1. The van der Waals surface area contributed by atoms with E-state index in [0.29, 0.717) is 25.8 Å². The molecule has 4 atom stereocenters. The Hall–Kier alpha value is -3.44. The van der Waals surface area contributed by atoms with Crippen LogP contribution in [0.15, 0.2) is 12.7 Å². The van der Waals surface area contributed by atoms with Crippen LogP contribution in [0.4, 0.5) is 4.79 Å². The molecule has 12 nitrogen and oxygen atoms in total. The van der Waals surface area contributed by atoms with Crippen LogP contribution in [0.5, 0.6) is 0 Å². The quantitative estimate of drug-likeness (QED) is 0.169. The second kappa shape index (κ2) is 15.7. The standard InChI is InChI=1S/C33H53N5O7/c1-7-18-34-28(41)24(39)22(20-21-14-15-21)35-27(40)23-13-12-19-38(23)30(43)26(32(3,4)5)36-29(42)25(37-31(44)45-8-2)33(6)16-10-9-11-17-33/h7,21-23,25-26H,1,8-20H2,2-6H3,(H,34,41)(H,35,40)(H,36,42)(H,37,44)/t22?,23-,25+,26+/m0/s1. The highest BCUT2D eigenvalue weighted by atomic mass is 16.5. The lowest BCUT2D eigenvalue weighted by atomic mass is 9.70. The number of hydrogen-bond acceptors (Lipinski definition) is 7. The highest BCUT2D eigenvalue weighted by molar-refractivity contribution is 6.38. The fraction of sp³-hybridized carbons (Fsp3) is 0.758. The van der Waals surface area contributed by atoms with E-state index >= 15 is 0 Å². The number of hydrogen-bond donors (Lipinski definition) is 4. The van der Waals surface area contributed by atoms with Crippen LogP contribution >= 0.6 is 0 Å². The highest BCUT2D eigenvalue weighted by Crippen LogP contribution is 2.39. The molecule has 45 heavy (non-hydrogen) atoms. The topological polar surface area (TPSA) is 163 Å². The van der Waals surface area contributed by atoms with Crippen molar-refractivity contribution in [3.05, 3.63) is 12.7 Å². The maximum Gasteiger partial charge on any atom is 0.407 e. The molecule has 0 aromatic heterocycles. The first kappa shape index (κ1) is 36.0. The molecule has 0 radical (unpaired) electrons. The van der Waals surface area contributed by atoms with Crippen LogP contribution in [0.3, 0.4) is 0 Å². The first-order valence-electron chi connectivity index (χ1n) is 16.5. The summed E-state index contributed by atoms with van der Waals surface area (Å²) in [5.74, 6) is -2.62. The van der Waals surface area contributed by atoms with Gasteiger partial charge in [-0.25, -0.2) is 4.79 Å². The van der Waals surface area contributed by atoms with E-state index in [4.69, 9.17) is 4.74 Å². The Morgan fingerprint density at radius 3 is 2.22 bits per heavy atom. The van der Waals surface area contributed by atoms with Gasteiger partial charge in [-0.05, 0) is 55.8 Å². The van der Waals surface area contributed by atoms with E-state index in [9.17, 15) is 28.8 Å². The third-order valence-electron chi connectivity index (χ3n) is 9.26. The van der Waals surface area contributed by atoms with Crippen molar-refractivity contribution >= 4 is 35.5 Å². The number of carbonyl (C=O) groups excluding carboxylic acids is 6. The smallest absolute Gasteiger partial charge is 0.407 e. The molecule has 12 heteroatoms. The third kappa shape index (κ3) is 9.77. The zero-order valence-electron chi connectivity index (χ0n) is 27.7. The van der Waals surface area contributed by atoms with Crippen LogP contribution < -0.4 is 21.3 Å². The van der Waals surface area contributed by atoms with E-state index in [1.54, 1.807) is 6.92 Å². The molecule has 3 aliphatic rings. The third-order valence-corrected chi connectivity index (χ3v) is 9.26. The molecule has 1 aliphatic heterocycles. The fourth-order valence-electron chi connectivity index (χ4n) is 6.43. The van der Waals surface area contributed by atoms with Gasteiger partial charge in [0.15, 0.2) is 0 Å². The lowest BCUT2D eigenvalue weighted by Gasteiger charge is -2.42. The second-order valence-electron chi connectivity index (χ2n) is 14.1. The number of amides is 5. The molecule has 5 amide bonds. The molecule has 3 rings (SSSR count). The number of nitrogens with one attached hydrogen (secondary N) is 4. The molecule has 0 aromatic rings. The van der Waals surface area contributed by atoms with Crippen molar-refractivity contribution in [2.75, 3.05) is 19.7 Å². The van der Waals surface area contributed by atoms with Crippen LogP contribution in [0.25, 0.3) is 0 Å². The molecule has 3 fully saturated rings. The van der Waals surface area contributed by atoms with E-state index in [2.05, 4.69) is 27.8 Å². The average molecular weight is 632 g/mol. The van der Waals surface area contributed by atoms with Gasteiger partial charge in [0.25, 0.3) is 5.91 Å². The maximum atomic E-state index is 14.2. The number of carbonyl (C=O) groups is 6. The number of rotatable bonds is 14. The summed E-state index contributed by atoms with van der Waals surface area (Å²) in [6.07, 6.45) is 8.36. The van der Waals surface area contributed by atoms with Gasteiger partial charge in [-0.3, -0.25) is 24.0 Å². The van der Waals surface area contributed by atoms with E-state index < -0.39 is 70.5 Å². The van der Waals surface area contributed by atoms with Gasteiger partial charge >= 0.3 is 6.09 Å². The van der Waals surface area contributed by atoms with Crippen LogP contribution in [0, 0.1) is 16.7 Å². The van der Waals surface area contributed by atoms with Gasteiger partial charge < -0.3 is 30.9 Å². The van der Waals surface area contributed by atoms with Crippen LogP contribution in [0.2, 0.25) is 0 Å². The largest absolute Gasteiger partial charge is 0.450 e. The minimum Gasteiger partial charge on any atom is -0.450 e. The Morgan fingerprint density at radius 1 is 0.978 bits per heavy atom. The highest BCUT2D eigenvalue weighted by Gasteiger charge is 2.46. The molecule has 252 valence electrons. The Labute approximate surface area is 267 Å². The van der Waals surface area contributed by atoms with Crippen molar-refractivity contribution < 1.29 is 33.5 Å². The minimum absolute atomic E-state index is 0.134. The Kier molecular flexibility index (Phi) is 12.6. The molecule has 0 bridgehead atoms. The van der Waals surface area contributed by atoms with Crippen molar-refractivity contribution in [3.63, 3.8) is 0 Å². The SMILES string of the molecule is C=CCNC(=O)C(=O)C(CC1CC1)NC(=O)[C@@H]1CCCN1C(=O)[C@@H](NC(=O)[C@@H](NC(=O)OCC)C1(C)CCCCC1)C(C)(C)C. The number of nitrogens with zero attached hydrogens (tertiary/aromatic N) is 1. The van der Waals surface area contributed by atoms with Gasteiger partial charge in [0, 0.05) is 13.1 Å². The number of ether oxygens (including phenoxy) is 1. The predicted octanol–water partition coefficient (Wildman–Crippen LogP) is 2.75. The van der Waals surface area contributed by atoms with Gasteiger partial charge in [-0.1, -0.05) is 65.9 Å². The normalized spacial score (nSPS) is 21.4. The molecule has 2 aliphatic carbocycles. The van der Waals surface area contributed by atoms with Gasteiger partial charge in [-0.15, -0.1) is 6.58 Å². The van der Waals surface area contributed by atoms with Crippen molar-refractivity contribution in [2.45, 2.75) is 123 Å². The molecular weight excluding hydrogens is 578 g/mol. The first-order chi connectivity index (χ1) is 21.2. The Morgan fingerprint density at radius 2 is 1.64 bits per heavy atom. The monoisotopic (exact) mass is 631 g/mol. The summed E-state index contributed by atoms with van der Waals surface area (Å²) in [4.78, 5) is 81.0. The average Bonchev–Trinajstić information content (AvgIpc) is 3.67. The van der Waals surface area contributed by atoms with E-state index in [-0.39, 0.29) is 19.1 Å². The molecule has 2 saturated carbocycles. The zero-order chi connectivity index (χ0) is 33.4. The Balaban J connectivity index is 1.79. The summed E-state index contributed by atoms with van der Waals surface area (Å²) >= 11 is 0. The summed E-state index contributed by atoms with van der Waals surface area (Å²) in [6.45, 7) is 13.3. The van der Waals surface area contributed by atoms with Crippen molar-refractivity contribution in [1.82, 2.24) is 26.2 Å². The number of likely N-dealkylation sites (tertiary alicyclic amines) is 1. The lowest BCUT2D eigenvalue weighted by Crippen LogP contribution is -2.63. The lowest BCUT2D eigenvalue weighted by molar-refractivity contribution is -0.145. The van der Waals surface area contributed by atoms with Crippen molar-refractivity contribution in [3.8, 4) is 0 Å². The molecule has 0 spiro atoms. The molecule has 1 saturated heterocycles. The fourth-order valence-corrected chi connectivity index (χ4v) is 6.43. The van der Waals surface area contributed by atoms with E-state index in [1.807, 2.05) is 27.7 Å². The number of alkyl carbamates (subject to hydrolysis) is 1. The first-order valence-corrected chi connectivity index (χ1v) is 16.5. The summed E-state index contributed by atoms with van der Waals surface area (Å²) in [5, 5.41) is 11.0. The summed E-state index contributed by atoms with van der Waals surface area (Å²) in [5.41, 5.74) is -1.25. The number of Topliss-reactive ketones (excluding diaryl/α,β-unsaturated/α-hetero) is 1.